The molecule has 6 heteroatoms. The minimum Gasteiger partial charge on any atom is -0.379 e. The fraction of sp³-hybridized carbons (Fsp3) is 0.692. The maximum atomic E-state index is 5.50. The predicted octanol–water partition coefficient (Wildman–Crippen LogP) is 0.758. The molecule has 1 rings (SSSR count). The van der Waals surface area contributed by atoms with Crippen molar-refractivity contribution in [1.82, 2.24) is 20.4 Å². The van der Waals surface area contributed by atoms with Gasteiger partial charge in [-0.1, -0.05) is 13.8 Å². The van der Waals surface area contributed by atoms with Crippen LogP contribution in [0.25, 0.3) is 0 Å². The number of aryl methyl sites for hydroxylation is 1. The molecule has 0 aliphatic heterocycles. The van der Waals surface area contributed by atoms with Gasteiger partial charge < -0.3 is 15.4 Å². The molecule has 0 aromatic carbocycles. The highest BCUT2D eigenvalue weighted by atomic mass is 16.5. The molecule has 0 saturated heterocycles. The summed E-state index contributed by atoms with van der Waals surface area (Å²) in [7, 11) is 3.68. The van der Waals surface area contributed by atoms with Crippen molar-refractivity contribution in [3.05, 3.63) is 18.0 Å². The van der Waals surface area contributed by atoms with E-state index in [9.17, 15) is 0 Å². The van der Waals surface area contributed by atoms with Gasteiger partial charge in [-0.05, 0) is 12.0 Å². The van der Waals surface area contributed by atoms with E-state index in [1.54, 1.807) is 13.2 Å². The first-order valence-electron chi connectivity index (χ1n) is 6.62. The smallest absolute Gasteiger partial charge is 0.191 e. The summed E-state index contributed by atoms with van der Waals surface area (Å²) in [5.74, 6) is 1.34. The first-order chi connectivity index (χ1) is 9.13. The summed E-state index contributed by atoms with van der Waals surface area (Å²) in [5.41, 5.74) is 1.11. The minimum atomic E-state index is 0.572. The van der Waals surface area contributed by atoms with Gasteiger partial charge in [0.05, 0.1) is 18.8 Å². The summed E-state index contributed by atoms with van der Waals surface area (Å²) in [6.45, 7) is 7.21. The van der Waals surface area contributed by atoms with Crippen molar-refractivity contribution < 1.29 is 4.74 Å². The number of nitrogens with one attached hydrogen (secondary N) is 2. The number of guanidine groups is 1. The Morgan fingerprint density at radius 1 is 1.47 bits per heavy atom. The monoisotopic (exact) mass is 267 g/mol. The molecule has 1 heterocycles. The fourth-order valence-corrected chi connectivity index (χ4v) is 1.53. The highest BCUT2D eigenvalue weighted by Crippen LogP contribution is 1.94. The molecule has 0 unspecified atom stereocenters. The van der Waals surface area contributed by atoms with Crippen molar-refractivity contribution in [3.8, 4) is 0 Å². The molecule has 0 aliphatic rings. The normalized spacial score (nSPS) is 11.9. The van der Waals surface area contributed by atoms with E-state index in [0.29, 0.717) is 19.1 Å². The number of nitrogens with zero attached hydrogens (tertiary/aromatic N) is 3. The molecule has 0 bridgehead atoms. The second-order valence-electron chi connectivity index (χ2n) is 4.77. The second kappa shape index (κ2) is 8.53. The van der Waals surface area contributed by atoms with Crippen molar-refractivity contribution in [3.63, 3.8) is 0 Å². The number of ether oxygens (including phenoxy) is 1. The van der Waals surface area contributed by atoms with Gasteiger partial charge in [-0.25, -0.2) is 0 Å². The third-order valence-electron chi connectivity index (χ3n) is 2.57. The number of hydrogen-bond donors (Lipinski definition) is 2. The summed E-state index contributed by atoms with van der Waals surface area (Å²) in [6, 6.07) is 1.98. The van der Waals surface area contributed by atoms with E-state index in [0.717, 1.165) is 24.8 Å². The molecule has 6 nitrogen and oxygen atoms in total. The van der Waals surface area contributed by atoms with Gasteiger partial charge in [0.15, 0.2) is 5.96 Å². The maximum Gasteiger partial charge on any atom is 0.191 e. The first kappa shape index (κ1) is 15.5. The lowest BCUT2D eigenvalue weighted by Crippen LogP contribution is -2.39. The number of aromatic nitrogens is 2. The number of aliphatic imine (C=N–C) groups is 1. The van der Waals surface area contributed by atoms with Crippen LogP contribution < -0.4 is 10.6 Å². The van der Waals surface area contributed by atoms with Crippen LogP contribution in [0.15, 0.2) is 17.3 Å². The zero-order valence-corrected chi connectivity index (χ0v) is 12.3. The van der Waals surface area contributed by atoms with Crippen molar-refractivity contribution in [1.29, 1.82) is 0 Å². The molecule has 0 atom stereocenters. The lowest BCUT2D eigenvalue weighted by atomic mass is 10.2. The van der Waals surface area contributed by atoms with Crippen LogP contribution in [0, 0.1) is 5.92 Å². The zero-order valence-electron chi connectivity index (χ0n) is 12.3. The van der Waals surface area contributed by atoms with Gasteiger partial charge in [0.2, 0.25) is 0 Å². The van der Waals surface area contributed by atoms with Crippen LogP contribution in [0.3, 0.4) is 0 Å². The van der Waals surface area contributed by atoms with E-state index in [-0.39, 0.29) is 0 Å². The molecule has 1 aromatic rings. The Morgan fingerprint density at radius 3 is 2.84 bits per heavy atom. The Hall–Kier alpha value is -1.56. The Bertz CT molecular complexity index is 386. The molecule has 0 saturated carbocycles. The van der Waals surface area contributed by atoms with Gasteiger partial charge >= 0.3 is 0 Å². The molecule has 0 radical (unpaired) electrons. The summed E-state index contributed by atoms with van der Waals surface area (Å²) in [4.78, 5) is 4.16. The van der Waals surface area contributed by atoms with E-state index >= 15 is 0 Å². The summed E-state index contributed by atoms with van der Waals surface area (Å²) < 4.78 is 7.34. The Balaban J connectivity index is 2.18. The SMILES string of the molecule is CN=C(NCCOCC(C)C)NCc1ccnn1C. The average Bonchev–Trinajstić information content (AvgIpc) is 2.78. The van der Waals surface area contributed by atoms with Crippen LogP contribution >= 0.6 is 0 Å². The van der Waals surface area contributed by atoms with E-state index in [1.807, 2.05) is 17.8 Å². The van der Waals surface area contributed by atoms with Gasteiger partial charge in [-0.15, -0.1) is 0 Å². The zero-order chi connectivity index (χ0) is 14.1. The van der Waals surface area contributed by atoms with Crippen molar-refractivity contribution in [2.24, 2.45) is 18.0 Å². The van der Waals surface area contributed by atoms with E-state index in [2.05, 4.69) is 34.6 Å². The molecule has 0 spiro atoms. The summed E-state index contributed by atoms with van der Waals surface area (Å²) in [5, 5.41) is 10.6. The predicted molar refractivity (Wildman–Crippen MR) is 77.1 cm³/mol. The minimum absolute atomic E-state index is 0.572. The Morgan fingerprint density at radius 2 is 2.26 bits per heavy atom. The third kappa shape index (κ3) is 6.24. The van der Waals surface area contributed by atoms with Crippen LogP contribution in [-0.2, 0) is 18.3 Å². The highest BCUT2D eigenvalue weighted by molar-refractivity contribution is 5.79. The summed E-state index contributed by atoms with van der Waals surface area (Å²) in [6.07, 6.45) is 1.78. The number of rotatable bonds is 7. The lowest BCUT2D eigenvalue weighted by Gasteiger charge is -2.12. The molecule has 0 amide bonds. The van der Waals surface area contributed by atoms with Gasteiger partial charge in [-0.3, -0.25) is 9.67 Å². The molecule has 108 valence electrons. The maximum absolute atomic E-state index is 5.50. The van der Waals surface area contributed by atoms with Gasteiger partial charge in [-0.2, -0.15) is 5.10 Å². The second-order valence-corrected chi connectivity index (χ2v) is 4.77. The Labute approximate surface area is 115 Å². The number of hydrogen-bond acceptors (Lipinski definition) is 3. The van der Waals surface area contributed by atoms with Gasteiger partial charge in [0, 0.05) is 33.4 Å². The molecular weight excluding hydrogens is 242 g/mol. The summed E-state index contributed by atoms with van der Waals surface area (Å²) >= 11 is 0. The van der Waals surface area contributed by atoms with Crippen molar-refractivity contribution in [2.75, 3.05) is 26.8 Å². The molecule has 2 N–H and O–H groups in total. The van der Waals surface area contributed by atoms with Crippen LogP contribution in [0.5, 0.6) is 0 Å². The highest BCUT2D eigenvalue weighted by Gasteiger charge is 2.01. The lowest BCUT2D eigenvalue weighted by molar-refractivity contribution is 0.114. The van der Waals surface area contributed by atoms with E-state index < -0.39 is 0 Å². The largest absolute Gasteiger partial charge is 0.379 e. The van der Waals surface area contributed by atoms with Crippen molar-refractivity contribution >= 4 is 5.96 Å². The third-order valence-corrected chi connectivity index (χ3v) is 2.57. The van der Waals surface area contributed by atoms with Crippen LogP contribution in [0.2, 0.25) is 0 Å². The average molecular weight is 267 g/mol. The standard InChI is InChI=1S/C13H25N5O/c1-11(2)10-19-8-7-15-13(14-3)16-9-12-5-6-17-18(12)4/h5-6,11H,7-10H2,1-4H3,(H2,14,15,16). The topological polar surface area (TPSA) is 63.5 Å². The molecule has 19 heavy (non-hydrogen) atoms. The fourth-order valence-electron chi connectivity index (χ4n) is 1.53. The molecule has 1 aromatic heterocycles. The van der Waals surface area contributed by atoms with Crippen LogP contribution in [-0.4, -0.2) is 42.5 Å². The molecule has 0 aliphatic carbocycles. The quantitative estimate of drug-likeness (QED) is 0.435. The molecule has 0 fully saturated rings. The van der Waals surface area contributed by atoms with Gasteiger partial charge in [0.25, 0.3) is 0 Å². The van der Waals surface area contributed by atoms with E-state index in [4.69, 9.17) is 4.74 Å². The molecular formula is C13H25N5O. The van der Waals surface area contributed by atoms with E-state index in [1.165, 1.54) is 0 Å². The van der Waals surface area contributed by atoms with Gasteiger partial charge in [0.1, 0.15) is 0 Å². The van der Waals surface area contributed by atoms with Crippen LogP contribution in [0.1, 0.15) is 19.5 Å². The van der Waals surface area contributed by atoms with Crippen molar-refractivity contribution in [2.45, 2.75) is 20.4 Å². The Kier molecular flexibility index (Phi) is 6.95. The van der Waals surface area contributed by atoms with Crippen LogP contribution in [0.4, 0.5) is 0 Å². The first-order valence-corrected chi connectivity index (χ1v) is 6.62.